The van der Waals surface area contributed by atoms with E-state index >= 15 is 0 Å². The second-order valence-electron chi connectivity index (χ2n) is 9.02. The van der Waals surface area contributed by atoms with Gasteiger partial charge in [0.2, 0.25) is 5.91 Å². The van der Waals surface area contributed by atoms with Gasteiger partial charge in [-0.15, -0.1) is 0 Å². The van der Waals surface area contributed by atoms with Crippen molar-refractivity contribution < 1.29 is 9.90 Å². The highest BCUT2D eigenvalue weighted by Crippen LogP contribution is 2.43. The number of carbonyl (C=O) groups excluding carboxylic acids is 1. The monoisotopic (exact) mass is 396 g/mol. The molecule has 1 aromatic carbocycles. The molecular weight excluding hydrogens is 360 g/mol. The number of nitrogens with one attached hydrogen (secondary N) is 1. The van der Waals surface area contributed by atoms with E-state index in [0.29, 0.717) is 0 Å². The summed E-state index contributed by atoms with van der Waals surface area (Å²) in [5.41, 5.74) is 4.06. The van der Waals surface area contributed by atoms with E-state index in [1.165, 1.54) is 42.4 Å². The molecule has 3 atom stereocenters. The first-order chi connectivity index (χ1) is 14.2. The van der Waals surface area contributed by atoms with Gasteiger partial charge < -0.3 is 15.3 Å². The molecule has 4 heteroatoms. The highest BCUT2D eigenvalue weighted by atomic mass is 16.3. The average Bonchev–Trinajstić information content (AvgIpc) is 2.70. The summed E-state index contributed by atoms with van der Waals surface area (Å²) in [6.45, 7) is 3.98. The number of benzene rings is 1. The van der Waals surface area contributed by atoms with Gasteiger partial charge in [-0.2, -0.15) is 0 Å². The molecule has 4 rings (SSSR count). The third-order valence-electron chi connectivity index (χ3n) is 7.18. The van der Waals surface area contributed by atoms with Gasteiger partial charge in [0, 0.05) is 18.4 Å². The normalized spacial score (nSPS) is 27.2. The third kappa shape index (κ3) is 4.15. The van der Waals surface area contributed by atoms with Gasteiger partial charge in [0.25, 0.3) is 0 Å². The molecule has 0 radical (unpaired) electrons. The van der Waals surface area contributed by atoms with E-state index in [2.05, 4.69) is 42.6 Å². The molecule has 2 N–H and O–H groups in total. The van der Waals surface area contributed by atoms with Crippen LogP contribution in [0.3, 0.4) is 0 Å². The number of nitrogens with zero attached hydrogens (tertiary/aromatic N) is 1. The van der Waals surface area contributed by atoms with E-state index in [4.69, 9.17) is 0 Å². The molecule has 0 unspecified atom stereocenters. The summed E-state index contributed by atoms with van der Waals surface area (Å²) < 4.78 is 0. The van der Waals surface area contributed by atoms with Crippen molar-refractivity contribution in [2.24, 2.45) is 5.92 Å². The number of aliphatic hydroxyl groups is 1. The average molecular weight is 397 g/mol. The molecule has 4 nitrogen and oxygen atoms in total. The van der Waals surface area contributed by atoms with Gasteiger partial charge >= 0.3 is 0 Å². The second-order valence-corrected chi connectivity index (χ2v) is 9.02. The number of hydrogen-bond acceptors (Lipinski definition) is 3. The molecule has 2 aliphatic carbocycles. The van der Waals surface area contributed by atoms with Crippen LogP contribution in [0.4, 0.5) is 0 Å². The Morgan fingerprint density at radius 3 is 2.52 bits per heavy atom. The highest BCUT2D eigenvalue weighted by Gasteiger charge is 2.52. The third-order valence-corrected chi connectivity index (χ3v) is 7.18. The van der Waals surface area contributed by atoms with E-state index in [-0.39, 0.29) is 36.4 Å². The summed E-state index contributed by atoms with van der Waals surface area (Å²) in [7, 11) is 0. The van der Waals surface area contributed by atoms with E-state index in [1.54, 1.807) is 0 Å². The van der Waals surface area contributed by atoms with Crippen LogP contribution in [-0.4, -0.2) is 47.7 Å². The number of amides is 1. The summed E-state index contributed by atoms with van der Waals surface area (Å²) in [6.07, 6.45) is 11.6. The van der Waals surface area contributed by atoms with Crippen molar-refractivity contribution in [3.63, 3.8) is 0 Å². The number of likely N-dealkylation sites (tertiary alicyclic amines) is 1. The van der Waals surface area contributed by atoms with Crippen LogP contribution in [0.25, 0.3) is 5.57 Å². The maximum absolute atomic E-state index is 13.0. The van der Waals surface area contributed by atoms with Crippen molar-refractivity contribution in [2.45, 2.75) is 76.3 Å². The topological polar surface area (TPSA) is 52.6 Å². The Balaban J connectivity index is 1.52. The van der Waals surface area contributed by atoms with E-state index in [1.807, 2.05) is 4.90 Å². The molecule has 1 saturated heterocycles. The quantitative estimate of drug-likeness (QED) is 0.651. The largest absolute Gasteiger partial charge is 0.394 e. The summed E-state index contributed by atoms with van der Waals surface area (Å²) in [4.78, 5) is 15.0. The van der Waals surface area contributed by atoms with Crippen molar-refractivity contribution in [2.75, 3.05) is 19.7 Å². The van der Waals surface area contributed by atoms with E-state index < -0.39 is 0 Å². The summed E-state index contributed by atoms with van der Waals surface area (Å²) in [5.74, 6) is 0.654. The van der Waals surface area contributed by atoms with Crippen molar-refractivity contribution in [3.8, 4) is 0 Å². The fraction of sp³-hybridized carbons (Fsp3) is 0.640. The van der Waals surface area contributed by atoms with Crippen LogP contribution in [0.15, 0.2) is 30.3 Å². The Morgan fingerprint density at radius 1 is 1.14 bits per heavy atom. The van der Waals surface area contributed by atoms with Gasteiger partial charge in [0.15, 0.2) is 0 Å². The molecule has 2 fully saturated rings. The molecule has 0 bridgehead atoms. The fourth-order valence-electron chi connectivity index (χ4n) is 5.26. The lowest BCUT2D eigenvalue weighted by Crippen LogP contribution is -2.69. The minimum absolute atomic E-state index is 0.0420. The van der Waals surface area contributed by atoms with Gasteiger partial charge in [-0.1, -0.05) is 43.7 Å². The molecular formula is C25H36N2O2. The number of carbonyl (C=O) groups is 1. The zero-order valence-electron chi connectivity index (χ0n) is 17.8. The lowest BCUT2D eigenvalue weighted by Gasteiger charge is -2.56. The molecule has 0 spiro atoms. The summed E-state index contributed by atoms with van der Waals surface area (Å²) >= 11 is 0. The zero-order valence-corrected chi connectivity index (χ0v) is 17.8. The number of aliphatic hydroxyl groups excluding tert-OH is 1. The van der Waals surface area contributed by atoms with Gasteiger partial charge in [-0.3, -0.25) is 4.79 Å². The fourth-order valence-corrected chi connectivity index (χ4v) is 5.26. The molecule has 1 amide bonds. The standard InChI is InChI=1S/C25H36N2O2/c1-2-15-26-16-22-24(23(17-28)27(22)25(29)21-9-6-10-21)20-13-11-19(12-14-20)18-7-4-3-5-8-18/h7,11-14,21-24,26,28H,2-6,8-10,15-17H2,1H3/t22-,23-,24-/m1/s1. The van der Waals surface area contributed by atoms with Crippen LogP contribution in [0, 0.1) is 5.92 Å². The van der Waals surface area contributed by atoms with Crippen molar-refractivity contribution in [1.29, 1.82) is 0 Å². The number of hydrogen-bond donors (Lipinski definition) is 2. The Morgan fingerprint density at radius 2 is 1.93 bits per heavy atom. The van der Waals surface area contributed by atoms with Gasteiger partial charge in [0.05, 0.1) is 18.7 Å². The highest BCUT2D eigenvalue weighted by molar-refractivity contribution is 5.82. The first-order valence-electron chi connectivity index (χ1n) is 11.7. The summed E-state index contributed by atoms with van der Waals surface area (Å²) in [5, 5.41) is 13.7. The predicted molar refractivity (Wildman–Crippen MR) is 118 cm³/mol. The Labute approximate surface area is 175 Å². The van der Waals surface area contributed by atoms with Crippen LogP contribution in [0.5, 0.6) is 0 Å². The van der Waals surface area contributed by atoms with Gasteiger partial charge in [-0.05, 0) is 68.2 Å². The second kappa shape index (κ2) is 9.44. The molecule has 1 heterocycles. The first-order valence-corrected chi connectivity index (χ1v) is 11.7. The Bertz CT molecular complexity index is 723. The number of rotatable bonds is 8. The minimum Gasteiger partial charge on any atom is -0.394 e. The van der Waals surface area contributed by atoms with Crippen LogP contribution >= 0.6 is 0 Å². The first kappa shape index (κ1) is 20.6. The van der Waals surface area contributed by atoms with Crippen LogP contribution < -0.4 is 5.32 Å². The van der Waals surface area contributed by atoms with E-state index in [0.717, 1.165) is 38.8 Å². The zero-order chi connectivity index (χ0) is 20.2. The van der Waals surface area contributed by atoms with Crippen molar-refractivity contribution >= 4 is 11.5 Å². The van der Waals surface area contributed by atoms with E-state index in [9.17, 15) is 9.90 Å². The maximum Gasteiger partial charge on any atom is 0.226 e. The maximum atomic E-state index is 13.0. The molecule has 29 heavy (non-hydrogen) atoms. The lowest BCUT2D eigenvalue weighted by molar-refractivity contribution is -0.157. The van der Waals surface area contributed by atoms with Crippen LogP contribution in [0.2, 0.25) is 0 Å². The predicted octanol–water partition coefficient (Wildman–Crippen LogP) is 4.10. The molecule has 1 aliphatic heterocycles. The van der Waals surface area contributed by atoms with Crippen LogP contribution in [0.1, 0.15) is 75.3 Å². The van der Waals surface area contributed by atoms with Crippen LogP contribution in [-0.2, 0) is 4.79 Å². The van der Waals surface area contributed by atoms with Crippen molar-refractivity contribution in [3.05, 3.63) is 41.5 Å². The molecule has 0 aromatic heterocycles. The number of allylic oxidation sites excluding steroid dienone is 2. The molecule has 1 aromatic rings. The molecule has 158 valence electrons. The minimum atomic E-state index is -0.0868. The molecule has 3 aliphatic rings. The smallest absolute Gasteiger partial charge is 0.226 e. The van der Waals surface area contributed by atoms with Gasteiger partial charge in [-0.25, -0.2) is 0 Å². The molecule has 1 saturated carbocycles. The SMILES string of the molecule is CCCNC[C@@H]1[C@@H](c2ccc(C3=CCCCC3)cc2)[C@@H](CO)N1C(=O)C1CCC1. The van der Waals surface area contributed by atoms with Gasteiger partial charge in [0.1, 0.15) is 0 Å². The summed E-state index contributed by atoms with van der Waals surface area (Å²) in [6, 6.07) is 9.01. The lowest BCUT2D eigenvalue weighted by atomic mass is 9.72. The Kier molecular flexibility index (Phi) is 6.71. The van der Waals surface area contributed by atoms with Crippen molar-refractivity contribution in [1.82, 2.24) is 10.2 Å². The Hall–Kier alpha value is -1.65.